The third-order valence-corrected chi connectivity index (χ3v) is 5.17. The first kappa shape index (κ1) is 13.5. The van der Waals surface area contributed by atoms with Crippen LogP contribution >= 0.6 is 0 Å². The number of hydrogen-bond acceptors (Lipinski definition) is 2. The van der Waals surface area contributed by atoms with Gasteiger partial charge < -0.3 is 10.4 Å². The van der Waals surface area contributed by atoms with Crippen LogP contribution in [0.25, 0.3) is 0 Å². The second-order valence-electron chi connectivity index (χ2n) is 6.50. The Kier molecular flexibility index (Phi) is 3.68. The maximum Gasteiger partial charge on any atom is 0.224 e. The fourth-order valence-corrected chi connectivity index (χ4v) is 4.15. The van der Waals surface area contributed by atoms with Crippen LogP contribution in [0.15, 0.2) is 24.3 Å². The van der Waals surface area contributed by atoms with Crippen molar-refractivity contribution in [2.45, 2.75) is 45.1 Å². The molecule has 2 saturated carbocycles. The molecular formula is C17H23NO2. The second kappa shape index (κ2) is 5.47. The Morgan fingerprint density at radius 1 is 1.35 bits per heavy atom. The first-order valence-corrected chi connectivity index (χ1v) is 7.69. The first-order chi connectivity index (χ1) is 9.63. The van der Waals surface area contributed by atoms with Gasteiger partial charge in [0, 0.05) is 11.6 Å². The molecule has 3 heteroatoms. The SMILES string of the molecule is C[C@@H](NC(=O)Cc1ccccc1O)[C@@H]1C[C@H]2CC[C@H]1C2. The molecule has 1 aromatic rings. The van der Waals surface area contributed by atoms with E-state index in [9.17, 15) is 9.90 Å². The smallest absolute Gasteiger partial charge is 0.224 e. The van der Waals surface area contributed by atoms with Crippen LogP contribution in [0.5, 0.6) is 5.75 Å². The van der Waals surface area contributed by atoms with Gasteiger partial charge in [-0.05, 0) is 50.0 Å². The predicted molar refractivity (Wildman–Crippen MR) is 78.4 cm³/mol. The Labute approximate surface area is 120 Å². The Hall–Kier alpha value is -1.51. The van der Waals surface area contributed by atoms with Crippen LogP contribution < -0.4 is 5.32 Å². The second-order valence-corrected chi connectivity index (χ2v) is 6.50. The highest BCUT2D eigenvalue weighted by molar-refractivity contribution is 5.79. The average molecular weight is 273 g/mol. The van der Waals surface area contributed by atoms with Gasteiger partial charge in [0.25, 0.3) is 0 Å². The maximum atomic E-state index is 12.1. The molecule has 0 aromatic heterocycles. The van der Waals surface area contributed by atoms with Gasteiger partial charge in [0.1, 0.15) is 5.75 Å². The molecule has 0 saturated heterocycles. The zero-order valence-corrected chi connectivity index (χ0v) is 12.0. The normalized spacial score (nSPS) is 29.4. The Bertz CT molecular complexity index is 500. The van der Waals surface area contributed by atoms with E-state index >= 15 is 0 Å². The van der Waals surface area contributed by atoms with Crippen molar-refractivity contribution in [1.82, 2.24) is 5.32 Å². The van der Waals surface area contributed by atoms with E-state index in [2.05, 4.69) is 12.2 Å². The highest BCUT2D eigenvalue weighted by atomic mass is 16.3. The molecule has 2 aliphatic rings. The van der Waals surface area contributed by atoms with Crippen LogP contribution in [0.4, 0.5) is 0 Å². The largest absolute Gasteiger partial charge is 0.508 e. The predicted octanol–water partition coefficient (Wildman–Crippen LogP) is 2.88. The van der Waals surface area contributed by atoms with E-state index in [0.29, 0.717) is 11.5 Å². The molecule has 0 spiro atoms. The van der Waals surface area contributed by atoms with E-state index in [0.717, 1.165) is 11.8 Å². The molecule has 3 nitrogen and oxygen atoms in total. The molecule has 2 N–H and O–H groups in total. The highest BCUT2D eigenvalue weighted by Gasteiger charge is 2.42. The highest BCUT2D eigenvalue weighted by Crippen LogP contribution is 2.49. The summed E-state index contributed by atoms with van der Waals surface area (Å²) in [5, 5.41) is 12.8. The Morgan fingerprint density at radius 3 is 2.80 bits per heavy atom. The van der Waals surface area contributed by atoms with Crippen molar-refractivity contribution >= 4 is 5.91 Å². The minimum absolute atomic E-state index is 0.0155. The molecule has 3 rings (SSSR count). The number of fused-ring (bicyclic) bond motifs is 2. The quantitative estimate of drug-likeness (QED) is 0.886. The first-order valence-electron chi connectivity index (χ1n) is 7.69. The molecule has 4 atom stereocenters. The summed E-state index contributed by atoms with van der Waals surface area (Å²) in [6.45, 7) is 2.13. The molecule has 0 radical (unpaired) electrons. The standard InChI is InChI=1S/C17H23NO2/c1-11(15-9-12-6-7-13(15)8-12)18-17(20)10-14-4-2-3-5-16(14)19/h2-5,11-13,15,19H,6-10H2,1H3,(H,18,20)/t11-,12+,13+,15+/m1/s1. The zero-order valence-electron chi connectivity index (χ0n) is 12.0. The number of nitrogens with one attached hydrogen (secondary N) is 1. The summed E-state index contributed by atoms with van der Waals surface area (Å²) in [7, 11) is 0. The summed E-state index contributed by atoms with van der Waals surface area (Å²) >= 11 is 0. The molecule has 2 fully saturated rings. The number of benzene rings is 1. The number of carbonyl (C=O) groups excluding carboxylic acids is 1. The van der Waals surface area contributed by atoms with Gasteiger partial charge >= 0.3 is 0 Å². The van der Waals surface area contributed by atoms with Gasteiger partial charge in [-0.2, -0.15) is 0 Å². The monoisotopic (exact) mass is 273 g/mol. The summed E-state index contributed by atoms with van der Waals surface area (Å²) in [6, 6.07) is 7.30. The van der Waals surface area contributed by atoms with Crippen LogP contribution in [-0.2, 0) is 11.2 Å². The Morgan fingerprint density at radius 2 is 2.15 bits per heavy atom. The number of rotatable bonds is 4. The van der Waals surface area contributed by atoms with Crippen molar-refractivity contribution in [3.8, 4) is 5.75 Å². The van der Waals surface area contributed by atoms with Crippen LogP contribution in [0.2, 0.25) is 0 Å². The van der Waals surface area contributed by atoms with Crippen molar-refractivity contribution < 1.29 is 9.90 Å². The lowest BCUT2D eigenvalue weighted by Crippen LogP contribution is -2.40. The number of aromatic hydroxyl groups is 1. The van der Waals surface area contributed by atoms with Crippen molar-refractivity contribution in [1.29, 1.82) is 0 Å². The zero-order chi connectivity index (χ0) is 14.1. The van der Waals surface area contributed by atoms with Crippen molar-refractivity contribution in [2.75, 3.05) is 0 Å². The third kappa shape index (κ3) is 2.67. The molecular weight excluding hydrogens is 250 g/mol. The molecule has 1 aromatic carbocycles. The van der Waals surface area contributed by atoms with Gasteiger partial charge in [-0.15, -0.1) is 0 Å². The van der Waals surface area contributed by atoms with E-state index < -0.39 is 0 Å². The number of phenols is 1. The van der Waals surface area contributed by atoms with Gasteiger partial charge in [-0.3, -0.25) is 4.79 Å². The van der Waals surface area contributed by atoms with Crippen molar-refractivity contribution in [3.63, 3.8) is 0 Å². The van der Waals surface area contributed by atoms with Crippen LogP contribution in [0.3, 0.4) is 0 Å². The topological polar surface area (TPSA) is 49.3 Å². The van der Waals surface area contributed by atoms with E-state index in [1.54, 1.807) is 18.2 Å². The summed E-state index contributed by atoms with van der Waals surface area (Å²) in [4.78, 5) is 12.1. The average Bonchev–Trinajstić information content (AvgIpc) is 3.03. The van der Waals surface area contributed by atoms with E-state index in [1.165, 1.54) is 25.7 Å². The fraction of sp³-hybridized carbons (Fsp3) is 0.588. The molecule has 0 unspecified atom stereocenters. The van der Waals surface area contributed by atoms with Crippen LogP contribution in [-0.4, -0.2) is 17.1 Å². The lowest BCUT2D eigenvalue weighted by Gasteiger charge is -2.28. The minimum atomic E-state index is 0.0155. The molecule has 1 amide bonds. The van der Waals surface area contributed by atoms with Crippen molar-refractivity contribution in [2.24, 2.45) is 17.8 Å². The molecule has 2 aliphatic carbocycles. The molecule has 0 heterocycles. The minimum Gasteiger partial charge on any atom is -0.508 e. The van der Waals surface area contributed by atoms with E-state index in [1.807, 2.05) is 6.07 Å². The van der Waals surface area contributed by atoms with E-state index in [-0.39, 0.29) is 24.1 Å². The van der Waals surface area contributed by atoms with Crippen LogP contribution in [0, 0.1) is 17.8 Å². The summed E-state index contributed by atoms with van der Waals surface area (Å²) in [5.74, 6) is 2.60. The fourth-order valence-electron chi connectivity index (χ4n) is 4.15. The molecule has 0 aliphatic heterocycles. The van der Waals surface area contributed by atoms with Gasteiger partial charge in [0.05, 0.1) is 6.42 Å². The Balaban J connectivity index is 1.55. The number of phenolic OH excluding ortho intramolecular Hbond substituents is 1. The molecule has 20 heavy (non-hydrogen) atoms. The number of amides is 1. The lowest BCUT2D eigenvalue weighted by molar-refractivity contribution is -0.121. The van der Waals surface area contributed by atoms with E-state index in [4.69, 9.17) is 0 Å². The van der Waals surface area contributed by atoms with Gasteiger partial charge in [0.15, 0.2) is 0 Å². The summed E-state index contributed by atoms with van der Waals surface area (Å²) in [5.41, 5.74) is 0.699. The maximum absolute atomic E-state index is 12.1. The van der Waals surface area contributed by atoms with Gasteiger partial charge in [-0.1, -0.05) is 24.6 Å². The lowest BCUT2D eigenvalue weighted by atomic mass is 9.84. The number of para-hydroxylation sites is 1. The van der Waals surface area contributed by atoms with Crippen LogP contribution in [0.1, 0.15) is 38.2 Å². The number of carbonyl (C=O) groups is 1. The van der Waals surface area contributed by atoms with Gasteiger partial charge in [-0.25, -0.2) is 0 Å². The summed E-state index contributed by atoms with van der Waals surface area (Å²) < 4.78 is 0. The third-order valence-electron chi connectivity index (χ3n) is 5.17. The van der Waals surface area contributed by atoms with Gasteiger partial charge in [0.2, 0.25) is 5.91 Å². The van der Waals surface area contributed by atoms with Crippen molar-refractivity contribution in [3.05, 3.63) is 29.8 Å². The molecule has 2 bridgehead atoms. The number of hydrogen-bond donors (Lipinski definition) is 2. The molecule has 108 valence electrons. The summed E-state index contributed by atoms with van der Waals surface area (Å²) in [6.07, 6.45) is 5.64.